The van der Waals surface area contributed by atoms with Gasteiger partial charge in [-0.25, -0.2) is 9.18 Å². The Morgan fingerprint density at radius 2 is 2.13 bits per heavy atom. The fourth-order valence-electron chi connectivity index (χ4n) is 2.44. The molecular formula is C15H15FN4O3. The van der Waals surface area contributed by atoms with Crippen molar-refractivity contribution in [2.45, 2.75) is 19.4 Å². The van der Waals surface area contributed by atoms with Crippen LogP contribution in [0.3, 0.4) is 0 Å². The van der Waals surface area contributed by atoms with E-state index >= 15 is 0 Å². The molecule has 1 aliphatic heterocycles. The summed E-state index contributed by atoms with van der Waals surface area (Å²) in [4.78, 5) is 25.5. The predicted octanol–water partition coefficient (Wildman–Crippen LogP) is 2.05. The number of hydrogen-bond acceptors (Lipinski definition) is 4. The minimum atomic E-state index is -0.461. The lowest BCUT2D eigenvalue weighted by atomic mass is 10.2. The number of urea groups is 1. The highest BCUT2D eigenvalue weighted by molar-refractivity contribution is 5.97. The van der Waals surface area contributed by atoms with E-state index in [9.17, 15) is 14.0 Å². The van der Waals surface area contributed by atoms with Gasteiger partial charge in [0.1, 0.15) is 11.6 Å². The van der Waals surface area contributed by atoms with E-state index in [1.54, 1.807) is 13.0 Å². The van der Waals surface area contributed by atoms with Crippen LogP contribution in [0.1, 0.15) is 12.2 Å². The van der Waals surface area contributed by atoms with Crippen molar-refractivity contribution in [3.8, 4) is 0 Å². The maximum absolute atomic E-state index is 12.9. The number of nitrogens with zero attached hydrogens (tertiary/aromatic N) is 2. The van der Waals surface area contributed by atoms with Crippen LogP contribution in [0.5, 0.6) is 0 Å². The molecule has 0 spiro atoms. The summed E-state index contributed by atoms with van der Waals surface area (Å²) < 4.78 is 17.8. The highest BCUT2D eigenvalue weighted by Gasteiger charge is 2.31. The number of aromatic nitrogens is 1. The maximum Gasteiger partial charge on any atom is 0.320 e. The van der Waals surface area contributed by atoms with E-state index in [-0.39, 0.29) is 24.2 Å². The molecule has 3 amide bonds. The van der Waals surface area contributed by atoms with Crippen molar-refractivity contribution in [1.82, 2.24) is 10.5 Å². The summed E-state index contributed by atoms with van der Waals surface area (Å²) in [6, 6.07) is 6.45. The van der Waals surface area contributed by atoms with Gasteiger partial charge in [-0.1, -0.05) is 5.16 Å². The molecule has 1 aromatic heterocycles. The molecule has 1 saturated heterocycles. The number of benzene rings is 1. The molecule has 8 heteroatoms. The molecule has 0 saturated carbocycles. The van der Waals surface area contributed by atoms with Crippen LogP contribution in [0.4, 0.5) is 20.7 Å². The first-order valence-electron chi connectivity index (χ1n) is 7.08. The van der Waals surface area contributed by atoms with Gasteiger partial charge in [0.05, 0.1) is 6.04 Å². The van der Waals surface area contributed by atoms with Gasteiger partial charge < -0.3 is 14.7 Å². The Hall–Kier alpha value is -2.90. The van der Waals surface area contributed by atoms with Gasteiger partial charge in [0.2, 0.25) is 5.91 Å². The van der Waals surface area contributed by atoms with E-state index in [0.29, 0.717) is 23.8 Å². The molecular weight excluding hydrogens is 303 g/mol. The van der Waals surface area contributed by atoms with E-state index in [2.05, 4.69) is 15.8 Å². The minimum absolute atomic E-state index is 0.126. The third kappa shape index (κ3) is 3.47. The maximum atomic E-state index is 12.9. The first-order chi connectivity index (χ1) is 11.0. The molecule has 2 aromatic rings. The highest BCUT2D eigenvalue weighted by Crippen LogP contribution is 2.21. The summed E-state index contributed by atoms with van der Waals surface area (Å²) in [5, 5.41) is 8.90. The lowest BCUT2D eigenvalue weighted by Gasteiger charge is -2.17. The fourth-order valence-corrected chi connectivity index (χ4v) is 2.44. The lowest BCUT2D eigenvalue weighted by molar-refractivity contribution is -0.117. The smallest absolute Gasteiger partial charge is 0.320 e. The molecule has 1 aromatic carbocycles. The van der Waals surface area contributed by atoms with E-state index in [4.69, 9.17) is 4.52 Å². The minimum Gasteiger partial charge on any atom is -0.360 e. The highest BCUT2D eigenvalue weighted by atomic mass is 19.1. The Balaban J connectivity index is 1.59. The monoisotopic (exact) mass is 318 g/mol. The van der Waals surface area contributed by atoms with Gasteiger partial charge in [0.25, 0.3) is 0 Å². The second kappa shape index (κ2) is 6.07. The quantitative estimate of drug-likeness (QED) is 0.906. The lowest BCUT2D eigenvalue weighted by Crippen LogP contribution is -2.39. The second-order valence-electron chi connectivity index (χ2n) is 5.30. The third-order valence-corrected chi connectivity index (χ3v) is 3.47. The summed E-state index contributed by atoms with van der Waals surface area (Å²) in [6.45, 7) is 2.04. The van der Waals surface area contributed by atoms with Crippen LogP contribution in [0.15, 0.2) is 34.9 Å². The standard InChI is InChI=1S/C15H15FN4O3/c1-9-6-13(19-23-9)18-15(22)17-11-7-14(21)20(8-11)12-4-2-10(16)3-5-12/h2-6,11H,7-8H2,1H3,(H2,17,18,19,22)/t11-/m1/s1. The number of rotatable bonds is 3. The Labute approximate surface area is 131 Å². The summed E-state index contributed by atoms with van der Waals surface area (Å²) in [5.41, 5.74) is 0.605. The number of carbonyl (C=O) groups excluding carboxylic acids is 2. The van der Waals surface area contributed by atoms with Crippen molar-refractivity contribution in [3.63, 3.8) is 0 Å². The van der Waals surface area contributed by atoms with Gasteiger partial charge in [-0.15, -0.1) is 0 Å². The van der Waals surface area contributed by atoms with Crippen LogP contribution < -0.4 is 15.5 Å². The first kappa shape index (κ1) is 15.0. The van der Waals surface area contributed by atoms with Gasteiger partial charge in [-0.3, -0.25) is 10.1 Å². The Kier molecular flexibility index (Phi) is 3.96. The average molecular weight is 318 g/mol. The molecule has 0 bridgehead atoms. The number of hydrogen-bond donors (Lipinski definition) is 2. The van der Waals surface area contributed by atoms with Crippen LogP contribution in [0.2, 0.25) is 0 Å². The molecule has 3 rings (SSSR count). The molecule has 23 heavy (non-hydrogen) atoms. The SMILES string of the molecule is Cc1cc(NC(=O)N[C@@H]2CC(=O)N(c3ccc(F)cc3)C2)no1. The number of carbonyl (C=O) groups is 2. The molecule has 120 valence electrons. The van der Waals surface area contributed by atoms with E-state index in [0.717, 1.165) is 0 Å². The topological polar surface area (TPSA) is 87.5 Å². The first-order valence-corrected chi connectivity index (χ1v) is 7.08. The molecule has 2 heterocycles. The van der Waals surface area contributed by atoms with Crippen molar-refractivity contribution in [2.24, 2.45) is 0 Å². The van der Waals surface area contributed by atoms with Crippen LogP contribution in [-0.2, 0) is 4.79 Å². The summed E-state index contributed by atoms with van der Waals surface area (Å²) in [7, 11) is 0. The molecule has 1 aliphatic rings. The molecule has 0 aliphatic carbocycles. The van der Waals surface area contributed by atoms with Crippen LogP contribution >= 0.6 is 0 Å². The van der Waals surface area contributed by atoms with Gasteiger partial charge in [-0.05, 0) is 31.2 Å². The fraction of sp³-hybridized carbons (Fsp3) is 0.267. The van der Waals surface area contributed by atoms with Crippen LogP contribution in [0, 0.1) is 12.7 Å². The van der Waals surface area contributed by atoms with Crippen molar-refractivity contribution < 1.29 is 18.5 Å². The zero-order valence-electron chi connectivity index (χ0n) is 12.4. The van der Waals surface area contributed by atoms with E-state index in [1.807, 2.05) is 0 Å². The number of amides is 3. The average Bonchev–Trinajstić information content (AvgIpc) is 3.06. The van der Waals surface area contributed by atoms with Crippen LogP contribution in [-0.4, -0.2) is 29.7 Å². The molecule has 2 N–H and O–H groups in total. The van der Waals surface area contributed by atoms with E-state index < -0.39 is 6.03 Å². The van der Waals surface area contributed by atoms with Crippen LogP contribution in [0.25, 0.3) is 0 Å². The van der Waals surface area contributed by atoms with Gasteiger partial charge >= 0.3 is 6.03 Å². The Morgan fingerprint density at radius 3 is 2.78 bits per heavy atom. The second-order valence-corrected chi connectivity index (χ2v) is 5.30. The number of aryl methyl sites for hydroxylation is 1. The predicted molar refractivity (Wildman–Crippen MR) is 80.6 cm³/mol. The summed E-state index contributed by atoms with van der Waals surface area (Å²) >= 11 is 0. The molecule has 0 unspecified atom stereocenters. The van der Waals surface area contributed by atoms with Crippen molar-refractivity contribution in [3.05, 3.63) is 41.9 Å². The summed E-state index contributed by atoms with van der Waals surface area (Å²) in [5.74, 6) is 0.398. The Morgan fingerprint density at radius 1 is 1.39 bits per heavy atom. The molecule has 1 atom stereocenters. The number of halogens is 1. The van der Waals surface area contributed by atoms with Gasteiger partial charge in [-0.2, -0.15) is 0 Å². The van der Waals surface area contributed by atoms with Crippen molar-refractivity contribution >= 4 is 23.4 Å². The number of anilines is 2. The molecule has 1 fully saturated rings. The largest absolute Gasteiger partial charge is 0.360 e. The van der Waals surface area contributed by atoms with Crippen molar-refractivity contribution in [1.29, 1.82) is 0 Å². The Bertz CT molecular complexity index is 729. The normalized spacial score (nSPS) is 17.4. The summed E-state index contributed by atoms with van der Waals surface area (Å²) in [6.07, 6.45) is 0.183. The van der Waals surface area contributed by atoms with Crippen molar-refractivity contribution in [2.75, 3.05) is 16.8 Å². The van der Waals surface area contributed by atoms with Gasteiger partial charge in [0.15, 0.2) is 5.82 Å². The van der Waals surface area contributed by atoms with Gasteiger partial charge in [0, 0.05) is 24.7 Å². The zero-order chi connectivity index (χ0) is 16.4. The molecule has 7 nitrogen and oxygen atoms in total. The number of nitrogens with one attached hydrogen (secondary N) is 2. The third-order valence-electron chi connectivity index (χ3n) is 3.47. The molecule has 0 radical (unpaired) electrons. The zero-order valence-corrected chi connectivity index (χ0v) is 12.4. The van der Waals surface area contributed by atoms with E-state index in [1.165, 1.54) is 29.2 Å².